The molecule has 0 aliphatic heterocycles. The van der Waals surface area contributed by atoms with Gasteiger partial charge in [-0.3, -0.25) is 0 Å². The van der Waals surface area contributed by atoms with Crippen LogP contribution < -0.4 is 0 Å². The maximum absolute atomic E-state index is 14.8. The topological polar surface area (TPSA) is 0 Å². The summed E-state index contributed by atoms with van der Waals surface area (Å²) in [5.41, 5.74) is -0.123. The summed E-state index contributed by atoms with van der Waals surface area (Å²) in [4.78, 5) is 0. The highest BCUT2D eigenvalue weighted by Gasteiger charge is 2.44. The third kappa shape index (κ3) is 4.35. The zero-order chi connectivity index (χ0) is 20.6. The molecule has 0 radical (unpaired) electrons. The Morgan fingerprint density at radius 1 is 0.821 bits per heavy atom. The minimum absolute atomic E-state index is 0.0242. The van der Waals surface area contributed by atoms with Crippen LogP contribution in [0, 0.1) is 29.4 Å². The lowest BCUT2D eigenvalue weighted by atomic mass is 9.70. The molecule has 4 atom stereocenters. The Morgan fingerprint density at radius 2 is 1.32 bits per heavy atom. The van der Waals surface area contributed by atoms with E-state index in [1.54, 1.807) is 13.8 Å². The summed E-state index contributed by atoms with van der Waals surface area (Å²) in [5, 5.41) is 0. The standard InChI is InChI=1S/C22H28F6/c1-3-14-18(25)9-13(10-19(14)26)22-20(27)7-12(8-21(22)28)6-15-16(23)4-11(2)5-17(15)24/h9-12,15-17,20-22H,3-8H2,1-2H3. The van der Waals surface area contributed by atoms with Gasteiger partial charge >= 0.3 is 0 Å². The van der Waals surface area contributed by atoms with E-state index in [9.17, 15) is 26.3 Å². The summed E-state index contributed by atoms with van der Waals surface area (Å²) in [6, 6.07) is 2.04. The predicted octanol–water partition coefficient (Wildman–Crippen LogP) is 6.81. The Labute approximate surface area is 162 Å². The molecule has 0 saturated heterocycles. The maximum Gasteiger partial charge on any atom is 0.129 e. The normalized spacial score (nSPS) is 39.1. The molecule has 158 valence electrons. The van der Waals surface area contributed by atoms with Crippen LogP contribution in [-0.2, 0) is 6.42 Å². The Morgan fingerprint density at radius 3 is 1.79 bits per heavy atom. The zero-order valence-corrected chi connectivity index (χ0v) is 16.3. The lowest BCUT2D eigenvalue weighted by Gasteiger charge is -2.39. The molecule has 2 saturated carbocycles. The first-order valence-electron chi connectivity index (χ1n) is 10.2. The zero-order valence-electron chi connectivity index (χ0n) is 16.3. The minimum Gasteiger partial charge on any atom is -0.247 e. The molecule has 1 aromatic carbocycles. The van der Waals surface area contributed by atoms with Gasteiger partial charge in [0, 0.05) is 17.4 Å². The SMILES string of the molecule is CCc1c(F)cc(C2C(F)CC(CC3C(F)CC(C)CC3F)CC2F)cc1F. The van der Waals surface area contributed by atoms with E-state index < -0.39 is 54.1 Å². The van der Waals surface area contributed by atoms with E-state index in [2.05, 4.69) is 0 Å². The highest BCUT2D eigenvalue weighted by atomic mass is 19.2. The summed E-state index contributed by atoms with van der Waals surface area (Å²) in [6.07, 6.45) is -5.14. The second-order valence-corrected chi connectivity index (χ2v) is 8.72. The molecule has 0 N–H and O–H groups in total. The second kappa shape index (κ2) is 8.66. The van der Waals surface area contributed by atoms with Crippen LogP contribution in [0.2, 0.25) is 0 Å². The van der Waals surface area contributed by atoms with E-state index in [1.165, 1.54) is 0 Å². The average Bonchev–Trinajstić information content (AvgIpc) is 2.57. The van der Waals surface area contributed by atoms with E-state index in [1.807, 2.05) is 0 Å². The first-order chi connectivity index (χ1) is 13.2. The summed E-state index contributed by atoms with van der Waals surface area (Å²) >= 11 is 0. The third-order valence-electron chi connectivity index (χ3n) is 6.59. The van der Waals surface area contributed by atoms with E-state index >= 15 is 0 Å². The highest BCUT2D eigenvalue weighted by Crippen LogP contribution is 2.45. The molecule has 4 unspecified atom stereocenters. The van der Waals surface area contributed by atoms with Crippen LogP contribution in [0.3, 0.4) is 0 Å². The molecule has 0 heterocycles. The second-order valence-electron chi connectivity index (χ2n) is 8.72. The number of rotatable bonds is 4. The van der Waals surface area contributed by atoms with E-state index in [0.717, 1.165) is 12.1 Å². The number of alkyl halides is 4. The molecule has 0 aromatic heterocycles. The van der Waals surface area contributed by atoms with E-state index in [-0.39, 0.29) is 55.6 Å². The lowest BCUT2D eigenvalue weighted by Crippen LogP contribution is -2.39. The summed E-state index contributed by atoms with van der Waals surface area (Å²) in [6.45, 7) is 3.41. The molecular formula is C22H28F6. The molecule has 0 amide bonds. The van der Waals surface area contributed by atoms with E-state index in [0.29, 0.717) is 0 Å². The van der Waals surface area contributed by atoms with Gasteiger partial charge in [0.1, 0.15) is 36.3 Å². The fourth-order valence-corrected chi connectivity index (χ4v) is 5.14. The monoisotopic (exact) mass is 406 g/mol. The first kappa shape index (κ1) is 21.5. The van der Waals surface area contributed by atoms with Gasteiger partial charge in [-0.05, 0) is 68.1 Å². The quantitative estimate of drug-likeness (QED) is 0.482. The minimum atomic E-state index is -1.64. The van der Waals surface area contributed by atoms with Crippen molar-refractivity contribution in [2.24, 2.45) is 17.8 Å². The highest BCUT2D eigenvalue weighted by molar-refractivity contribution is 5.30. The third-order valence-corrected chi connectivity index (χ3v) is 6.59. The smallest absolute Gasteiger partial charge is 0.129 e. The van der Waals surface area contributed by atoms with Gasteiger partial charge in [-0.15, -0.1) is 0 Å². The molecule has 0 bridgehead atoms. The Balaban J connectivity index is 1.71. The van der Waals surface area contributed by atoms with Gasteiger partial charge in [-0.2, -0.15) is 0 Å². The average molecular weight is 406 g/mol. The molecule has 1 aromatic rings. The van der Waals surface area contributed by atoms with Crippen molar-refractivity contribution in [1.82, 2.24) is 0 Å². The molecule has 2 aliphatic rings. The Hall–Kier alpha value is -1.20. The Bertz CT molecular complexity index is 630. The summed E-state index contributed by atoms with van der Waals surface area (Å²) in [5.74, 6) is -4.17. The predicted molar refractivity (Wildman–Crippen MR) is 97.3 cm³/mol. The summed E-state index contributed by atoms with van der Waals surface area (Å²) in [7, 11) is 0. The van der Waals surface area contributed by atoms with Crippen LogP contribution in [0.25, 0.3) is 0 Å². The lowest BCUT2D eigenvalue weighted by molar-refractivity contribution is 0.0121. The van der Waals surface area contributed by atoms with Crippen molar-refractivity contribution in [3.63, 3.8) is 0 Å². The van der Waals surface area contributed by atoms with Crippen LogP contribution in [0.1, 0.15) is 63.0 Å². The van der Waals surface area contributed by atoms with Crippen molar-refractivity contribution in [1.29, 1.82) is 0 Å². The molecule has 3 rings (SSSR count). The van der Waals surface area contributed by atoms with Gasteiger partial charge in [0.05, 0.1) is 0 Å². The fraction of sp³-hybridized carbons (Fsp3) is 0.727. The molecule has 0 spiro atoms. The van der Waals surface area contributed by atoms with Crippen molar-refractivity contribution in [2.45, 2.75) is 83.0 Å². The van der Waals surface area contributed by atoms with Gasteiger partial charge in [-0.25, -0.2) is 26.3 Å². The van der Waals surface area contributed by atoms with Crippen molar-refractivity contribution in [3.05, 3.63) is 34.9 Å². The van der Waals surface area contributed by atoms with Crippen LogP contribution >= 0.6 is 0 Å². The van der Waals surface area contributed by atoms with Crippen LogP contribution in [0.4, 0.5) is 26.3 Å². The first-order valence-corrected chi connectivity index (χ1v) is 10.2. The number of halogens is 6. The Kier molecular flexibility index (Phi) is 6.65. The fourth-order valence-electron chi connectivity index (χ4n) is 5.14. The molecule has 6 heteroatoms. The summed E-state index contributed by atoms with van der Waals surface area (Å²) < 4.78 is 86.3. The molecule has 0 nitrogen and oxygen atoms in total. The van der Waals surface area contributed by atoms with Gasteiger partial charge in [0.15, 0.2) is 0 Å². The van der Waals surface area contributed by atoms with Crippen LogP contribution in [-0.4, -0.2) is 24.7 Å². The largest absolute Gasteiger partial charge is 0.247 e. The van der Waals surface area contributed by atoms with Gasteiger partial charge in [-0.1, -0.05) is 13.8 Å². The van der Waals surface area contributed by atoms with Crippen molar-refractivity contribution < 1.29 is 26.3 Å². The number of benzene rings is 1. The van der Waals surface area contributed by atoms with Gasteiger partial charge in [0.25, 0.3) is 0 Å². The molecule has 28 heavy (non-hydrogen) atoms. The van der Waals surface area contributed by atoms with E-state index in [4.69, 9.17) is 0 Å². The van der Waals surface area contributed by atoms with Gasteiger partial charge < -0.3 is 0 Å². The molecular weight excluding hydrogens is 378 g/mol. The number of hydrogen-bond donors (Lipinski definition) is 0. The van der Waals surface area contributed by atoms with Crippen molar-refractivity contribution in [3.8, 4) is 0 Å². The van der Waals surface area contributed by atoms with Crippen molar-refractivity contribution in [2.75, 3.05) is 0 Å². The van der Waals surface area contributed by atoms with Gasteiger partial charge in [0.2, 0.25) is 0 Å². The van der Waals surface area contributed by atoms with Crippen LogP contribution in [0.15, 0.2) is 12.1 Å². The van der Waals surface area contributed by atoms with Crippen LogP contribution in [0.5, 0.6) is 0 Å². The molecule has 2 fully saturated rings. The van der Waals surface area contributed by atoms with Crippen molar-refractivity contribution >= 4 is 0 Å². The molecule has 2 aliphatic carbocycles. The maximum atomic E-state index is 14.8. The number of hydrogen-bond acceptors (Lipinski definition) is 0.